The summed E-state index contributed by atoms with van der Waals surface area (Å²) in [6, 6.07) is 15.0. The molecule has 3 aromatic carbocycles. The zero-order valence-corrected chi connectivity index (χ0v) is 17.5. The van der Waals surface area contributed by atoms with E-state index in [-0.39, 0.29) is 24.3 Å². The Morgan fingerprint density at radius 1 is 1.00 bits per heavy atom. The van der Waals surface area contributed by atoms with E-state index >= 15 is 0 Å². The number of nitrogens with one attached hydrogen (secondary N) is 1. The molecule has 0 aliphatic rings. The molecular formula is C24H22F3NO4. The number of hydrogen-bond acceptors (Lipinski definition) is 3. The second kappa shape index (κ2) is 8.90. The lowest BCUT2D eigenvalue weighted by Crippen LogP contribution is -2.51. The highest BCUT2D eigenvalue weighted by Crippen LogP contribution is 2.32. The fourth-order valence-electron chi connectivity index (χ4n) is 3.13. The van der Waals surface area contributed by atoms with E-state index in [1.54, 1.807) is 25.1 Å². The Morgan fingerprint density at radius 3 is 2.25 bits per heavy atom. The van der Waals surface area contributed by atoms with E-state index < -0.39 is 29.2 Å². The summed E-state index contributed by atoms with van der Waals surface area (Å²) >= 11 is 0. The Hall–Kier alpha value is -3.55. The van der Waals surface area contributed by atoms with Gasteiger partial charge in [-0.3, -0.25) is 4.79 Å². The van der Waals surface area contributed by atoms with Crippen LogP contribution >= 0.6 is 0 Å². The van der Waals surface area contributed by atoms with Crippen LogP contribution < -0.4 is 10.1 Å². The van der Waals surface area contributed by atoms with Crippen molar-refractivity contribution in [1.29, 1.82) is 0 Å². The zero-order valence-electron chi connectivity index (χ0n) is 17.5. The minimum atomic E-state index is -4.43. The van der Waals surface area contributed by atoms with Crippen molar-refractivity contribution >= 4 is 22.6 Å². The molecule has 0 bridgehead atoms. The zero-order chi connectivity index (χ0) is 23.5. The first-order valence-electron chi connectivity index (χ1n) is 9.92. The van der Waals surface area contributed by atoms with Gasteiger partial charge >= 0.3 is 12.1 Å². The summed E-state index contributed by atoms with van der Waals surface area (Å²) < 4.78 is 44.3. The molecule has 0 spiro atoms. The molecule has 1 atom stereocenters. The quantitative estimate of drug-likeness (QED) is 0.509. The Balaban J connectivity index is 1.94. The van der Waals surface area contributed by atoms with E-state index in [1.165, 1.54) is 25.1 Å². The molecule has 168 valence electrons. The summed E-state index contributed by atoms with van der Waals surface area (Å²) in [5.41, 5.74) is -1.61. The van der Waals surface area contributed by atoms with Crippen molar-refractivity contribution in [2.45, 2.75) is 38.6 Å². The van der Waals surface area contributed by atoms with Crippen molar-refractivity contribution in [3.05, 3.63) is 77.4 Å². The molecule has 1 amide bonds. The van der Waals surface area contributed by atoms with E-state index in [0.717, 1.165) is 17.5 Å². The molecule has 0 fully saturated rings. The highest BCUT2D eigenvalue weighted by atomic mass is 19.4. The van der Waals surface area contributed by atoms with Gasteiger partial charge in [-0.1, -0.05) is 49.4 Å². The van der Waals surface area contributed by atoms with Crippen LogP contribution in [0.3, 0.4) is 0 Å². The third-order valence-electron chi connectivity index (χ3n) is 5.36. The van der Waals surface area contributed by atoms with Gasteiger partial charge in [-0.2, -0.15) is 13.2 Å². The van der Waals surface area contributed by atoms with Crippen LogP contribution in [0, 0.1) is 0 Å². The third-order valence-corrected chi connectivity index (χ3v) is 5.36. The van der Waals surface area contributed by atoms with Gasteiger partial charge < -0.3 is 15.2 Å². The van der Waals surface area contributed by atoms with Crippen molar-refractivity contribution in [2.75, 3.05) is 0 Å². The lowest BCUT2D eigenvalue weighted by atomic mass is 9.97. The first kappa shape index (κ1) is 23.1. The van der Waals surface area contributed by atoms with E-state index in [9.17, 15) is 27.9 Å². The van der Waals surface area contributed by atoms with Crippen molar-refractivity contribution in [3.63, 3.8) is 0 Å². The van der Waals surface area contributed by atoms with Crippen LogP contribution in [0.4, 0.5) is 13.2 Å². The van der Waals surface area contributed by atoms with Gasteiger partial charge in [0.1, 0.15) is 17.9 Å². The number of carbonyl (C=O) groups excluding carboxylic acids is 1. The minimum Gasteiger partial charge on any atom is -0.487 e. The molecule has 0 unspecified atom stereocenters. The number of rotatable bonds is 7. The maximum absolute atomic E-state index is 13.0. The summed E-state index contributed by atoms with van der Waals surface area (Å²) in [6.07, 6.45) is -4.26. The number of carbonyl (C=O) groups is 2. The number of halogens is 3. The van der Waals surface area contributed by atoms with Crippen LogP contribution in [-0.2, 0) is 17.6 Å². The van der Waals surface area contributed by atoms with Crippen LogP contribution in [0.1, 0.15) is 41.8 Å². The largest absolute Gasteiger partial charge is 0.487 e. The highest BCUT2D eigenvalue weighted by molar-refractivity contribution is 6.05. The summed E-state index contributed by atoms with van der Waals surface area (Å²) in [7, 11) is 0. The second-order valence-electron chi connectivity index (χ2n) is 7.59. The minimum absolute atomic E-state index is 0.0730. The highest BCUT2D eigenvalue weighted by Gasteiger charge is 2.34. The van der Waals surface area contributed by atoms with Gasteiger partial charge in [0.15, 0.2) is 0 Å². The number of alkyl halides is 3. The van der Waals surface area contributed by atoms with Crippen LogP contribution in [0.2, 0.25) is 0 Å². The average Bonchev–Trinajstić information content (AvgIpc) is 2.76. The van der Waals surface area contributed by atoms with Crippen LogP contribution in [0.15, 0.2) is 60.7 Å². The molecule has 0 aliphatic heterocycles. The number of benzene rings is 3. The summed E-state index contributed by atoms with van der Waals surface area (Å²) in [4.78, 5) is 24.6. The molecule has 3 aromatic rings. The fourth-order valence-corrected chi connectivity index (χ4v) is 3.13. The van der Waals surface area contributed by atoms with Crippen LogP contribution in [-0.4, -0.2) is 22.5 Å². The monoisotopic (exact) mass is 445 g/mol. The van der Waals surface area contributed by atoms with Gasteiger partial charge in [0.2, 0.25) is 0 Å². The van der Waals surface area contributed by atoms with Crippen LogP contribution in [0.25, 0.3) is 10.8 Å². The molecule has 0 saturated heterocycles. The van der Waals surface area contributed by atoms with Crippen molar-refractivity contribution < 1.29 is 32.6 Å². The predicted octanol–water partition coefficient (Wildman–Crippen LogP) is 5.42. The molecule has 0 aromatic heterocycles. The Labute approximate surface area is 182 Å². The number of hydrogen-bond donors (Lipinski definition) is 2. The molecule has 0 saturated carbocycles. The fraction of sp³-hybridized carbons (Fsp3) is 0.250. The number of fused-ring (bicyclic) bond motifs is 1. The van der Waals surface area contributed by atoms with Gasteiger partial charge in [-0.25, -0.2) is 4.79 Å². The van der Waals surface area contributed by atoms with Crippen molar-refractivity contribution in [2.24, 2.45) is 0 Å². The Kier molecular flexibility index (Phi) is 6.43. The standard InChI is InChI=1S/C24H22F3NO4/c1-3-23(2,22(30)31)28-21(29)19-13-10-16-6-4-5-7-18(16)20(19)32-14-15-8-11-17(12-9-15)24(25,26)27/h4-13H,3,14H2,1-2H3,(H,28,29)(H,30,31)/t23-/m0/s1. The van der Waals surface area contributed by atoms with Gasteiger partial charge in [-0.15, -0.1) is 0 Å². The third kappa shape index (κ3) is 4.85. The van der Waals surface area contributed by atoms with E-state index in [2.05, 4.69) is 5.32 Å². The first-order valence-corrected chi connectivity index (χ1v) is 9.92. The number of amides is 1. The van der Waals surface area contributed by atoms with E-state index in [0.29, 0.717) is 10.9 Å². The smallest absolute Gasteiger partial charge is 0.416 e. The normalized spacial score (nSPS) is 13.4. The number of aliphatic carboxylic acids is 1. The van der Waals surface area contributed by atoms with Gasteiger partial charge in [0.25, 0.3) is 5.91 Å². The van der Waals surface area contributed by atoms with E-state index in [4.69, 9.17) is 4.74 Å². The van der Waals surface area contributed by atoms with Crippen molar-refractivity contribution in [3.8, 4) is 5.75 Å². The van der Waals surface area contributed by atoms with Gasteiger partial charge in [0, 0.05) is 5.39 Å². The Bertz CT molecular complexity index is 1140. The molecule has 0 aliphatic carbocycles. The lowest BCUT2D eigenvalue weighted by molar-refractivity contribution is -0.144. The first-order chi connectivity index (χ1) is 15.0. The van der Waals surface area contributed by atoms with Crippen molar-refractivity contribution in [1.82, 2.24) is 5.32 Å². The number of carboxylic acids is 1. The maximum atomic E-state index is 13.0. The molecule has 8 heteroatoms. The van der Waals surface area contributed by atoms with Crippen LogP contribution in [0.5, 0.6) is 5.75 Å². The molecule has 5 nitrogen and oxygen atoms in total. The topological polar surface area (TPSA) is 75.6 Å². The van der Waals surface area contributed by atoms with Gasteiger partial charge in [0.05, 0.1) is 11.1 Å². The molecular weight excluding hydrogens is 423 g/mol. The summed E-state index contributed by atoms with van der Waals surface area (Å²) in [5.74, 6) is -1.56. The molecule has 32 heavy (non-hydrogen) atoms. The van der Waals surface area contributed by atoms with E-state index in [1.807, 2.05) is 12.1 Å². The molecule has 3 rings (SSSR count). The SMILES string of the molecule is CC[C@](C)(NC(=O)c1ccc2ccccc2c1OCc1ccc(C(F)(F)F)cc1)C(=O)O. The Morgan fingerprint density at radius 2 is 1.66 bits per heavy atom. The summed E-state index contributed by atoms with van der Waals surface area (Å²) in [5, 5.41) is 13.4. The predicted molar refractivity (Wildman–Crippen MR) is 114 cm³/mol. The average molecular weight is 445 g/mol. The number of carboxylic acid groups (broad SMARTS) is 1. The molecule has 0 radical (unpaired) electrons. The second-order valence-corrected chi connectivity index (χ2v) is 7.59. The lowest BCUT2D eigenvalue weighted by Gasteiger charge is -2.25. The maximum Gasteiger partial charge on any atom is 0.416 e. The molecule has 2 N–H and O–H groups in total. The number of ether oxygens (including phenoxy) is 1. The summed E-state index contributed by atoms with van der Waals surface area (Å²) in [6.45, 7) is 2.99. The van der Waals surface area contributed by atoms with Gasteiger partial charge in [-0.05, 0) is 42.5 Å². The molecule has 0 heterocycles.